The van der Waals surface area contributed by atoms with Crippen molar-refractivity contribution >= 4 is 34.6 Å². The smallest absolute Gasteiger partial charge is 0.358 e. The Morgan fingerprint density at radius 1 is 0.891 bits per heavy atom. The molecule has 0 aliphatic heterocycles. The summed E-state index contributed by atoms with van der Waals surface area (Å²) in [7, 11) is 0. The number of aryl methyl sites for hydroxylation is 1. The fraction of sp³-hybridized carbons (Fsp3) is 0.419. The number of fused-ring (bicyclic) bond motifs is 6. The van der Waals surface area contributed by atoms with Crippen molar-refractivity contribution < 1.29 is 24.2 Å². The third-order valence-corrected chi connectivity index (χ3v) is 12.3. The summed E-state index contributed by atoms with van der Waals surface area (Å²) in [6, 6.07) is 20.0. The maximum absolute atomic E-state index is 3.34. The van der Waals surface area contributed by atoms with Crippen LogP contribution >= 0.6 is 24.8 Å². The summed E-state index contributed by atoms with van der Waals surface area (Å²) in [6.45, 7) is 22.4. The molecule has 0 radical (unpaired) electrons. The topological polar surface area (TPSA) is 0 Å². The van der Waals surface area contributed by atoms with Crippen molar-refractivity contribution in [3.63, 3.8) is 0 Å². The van der Waals surface area contributed by atoms with Gasteiger partial charge in [-0.05, 0) is 40.6 Å². The van der Waals surface area contributed by atoms with Crippen molar-refractivity contribution in [2.45, 2.75) is 88.0 Å². The molecule has 0 nitrogen and oxygen atoms in total. The first-order valence-corrected chi connectivity index (χ1v) is 17.7. The number of halogens is 2. The van der Waals surface area contributed by atoms with E-state index in [-0.39, 0.29) is 53.9 Å². The van der Waals surface area contributed by atoms with Crippen LogP contribution in [0.4, 0.5) is 0 Å². The number of hydrogen-bond donors (Lipinski definition) is 0. The van der Waals surface area contributed by atoms with Crippen LogP contribution in [-0.2, 0) is 30.7 Å². The van der Waals surface area contributed by atoms with Crippen LogP contribution in [0.25, 0.3) is 5.57 Å². The van der Waals surface area contributed by atoms with Gasteiger partial charge in [-0.2, -0.15) is 53.1 Å². The molecule has 5 aliphatic rings. The van der Waals surface area contributed by atoms with E-state index in [0.29, 0.717) is 5.92 Å². The second-order valence-corrected chi connectivity index (χ2v) is 14.3. The van der Waals surface area contributed by atoms with E-state index in [1.165, 1.54) is 53.8 Å². The molecule has 1 fully saturated rings. The van der Waals surface area contributed by atoms with Crippen molar-refractivity contribution in [2.75, 3.05) is 0 Å². The molecule has 5 aliphatic carbocycles. The quantitative estimate of drug-likeness (QED) is 0.236. The number of rotatable bonds is 0. The summed E-state index contributed by atoms with van der Waals surface area (Å²) in [5.41, 5.74) is 11.6. The Hall–Kier alpha value is -1.66. The van der Waals surface area contributed by atoms with Crippen LogP contribution in [0.5, 0.6) is 0 Å². The first-order valence-electron chi connectivity index (χ1n) is 15.9. The van der Waals surface area contributed by atoms with E-state index in [0.717, 1.165) is 12.8 Å². The van der Waals surface area contributed by atoms with Gasteiger partial charge in [0.1, 0.15) is 0 Å². The van der Waals surface area contributed by atoms with Gasteiger partial charge < -0.3 is 7.43 Å². The largest absolute Gasteiger partial charge is 0.358 e. The van der Waals surface area contributed by atoms with E-state index in [4.69, 9.17) is 0 Å². The Labute approximate surface area is 310 Å². The molecule has 0 spiro atoms. The summed E-state index contributed by atoms with van der Waals surface area (Å²) >= 11 is 1.30. The zero-order chi connectivity index (χ0) is 31.6. The SMILES string of the molecule is C[C-]1C2=C3Cc4ccccc4C3=C3C=CCCC3C2(C)C(C)(C)C(C)(C)C1(C)C.Cc1cc[c-]cc1.Cl.Cl.[C-]1=CC=CC1.[CH2]=[Zr].[CH3-]. The van der Waals surface area contributed by atoms with Crippen molar-refractivity contribution in [1.82, 2.24) is 0 Å². The summed E-state index contributed by atoms with van der Waals surface area (Å²) in [5.74, 6) is 2.24. The molecular weight excluding hydrogens is 679 g/mol. The Morgan fingerprint density at radius 2 is 1.52 bits per heavy atom. The van der Waals surface area contributed by atoms with E-state index in [9.17, 15) is 0 Å². The molecule has 0 aromatic heterocycles. The second-order valence-electron chi connectivity index (χ2n) is 14.3. The Bertz CT molecular complexity index is 1460. The number of benzene rings is 2. The van der Waals surface area contributed by atoms with E-state index >= 15 is 0 Å². The van der Waals surface area contributed by atoms with E-state index < -0.39 is 0 Å². The third-order valence-electron chi connectivity index (χ3n) is 12.3. The first kappa shape index (κ1) is 42.4. The van der Waals surface area contributed by atoms with Crippen molar-refractivity contribution in [1.29, 1.82) is 0 Å². The number of allylic oxidation sites excluding steroid dienone is 10. The molecule has 46 heavy (non-hydrogen) atoms. The van der Waals surface area contributed by atoms with Crippen LogP contribution in [0.3, 0.4) is 0 Å². The van der Waals surface area contributed by atoms with E-state index in [1.807, 2.05) is 36.4 Å². The average molecular weight is 735 g/mol. The molecule has 2 aromatic rings. The van der Waals surface area contributed by atoms with Gasteiger partial charge in [0.05, 0.1) is 0 Å². The predicted molar refractivity (Wildman–Crippen MR) is 204 cm³/mol. The van der Waals surface area contributed by atoms with Gasteiger partial charge in [-0.3, -0.25) is 6.08 Å². The third kappa shape index (κ3) is 6.91. The maximum atomic E-state index is 3.34. The van der Waals surface area contributed by atoms with Crippen LogP contribution in [-0.4, -0.2) is 4.21 Å². The molecule has 0 saturated heterocycles. The van der Waals surface area contributed by atoms with Gasteiger partial charge in [-0.15, -0.1) is 38.2 Å². The van der Waals surface area contributed by atoms with Gasteiger partial charge in [0.2, 0.25) is 0 Å². The molecule has 3 heteroatoms. The van der Waals surface area contributed by atoms with Crippen LogP contribution in [0.2, 0.25) is 0 Å². The molecule has 0 amide bonds. The fourth-order valence-electron chi connectivity index (χ4n) is 8.38. The molecule has 2 aromatic carbocycles. The molecule has 1 saturated carbocycles. The zero-order valence-electron chi connectivity index (χ0n) is 29.9. The zero-order valence-corrected chi connectivity index (χ0v) is 34.0. The average Bonchev–Trinajstić information content (AvgIpc) is 3.70. The Kier molecular flexibility index (Phi) is 15.3. The second kappa shape index (κ2) is 16.6. The van der Waals surface area contributed by atoms with Crippen molar-refractivity contribution in [3.8, 4) is 0 Å². The van der Waals surface area contributed by atoms with Crippen LogP contribution in [0.1, 0.15) is 91.3 Å². The van der Waals surface area contributed by atoms with E-state index in [2.05, 4.69) is 121 Å². The van der Waals surface area contributed by atoms with E-state index in [1.54, 1.807) is 28.2 Å². The molecule has 7 rings (SSSR count). The molecule has 250 valence electrons. The van der Waals surface area contributed by atoms with Gasteiger partial charge >= 0.3 is 28.4 Å². The van der Waals surface area contributed by atoms with Crippen LogP contribution in [0.15, 0.2) is 95.6 Å². The van der Waals surface area contributed by atoms with Crippen molar-refractivity contribution in [3.05, 3.63) is 138 Å². The Balaban J connectivity index is 0.000000521. The van der Waals surface area contributed by atoms with Gasteiger partial charge in [0, 0.05) is 0 Å². The molecule has 0 heterocycles. The molecule has 0 N–H and O–H groups in total. The molecule has 2 unspecified atom stereocenters. The van der Waals surface area contributed by atoms with Crippen LogP contribution < -0.4 is 0 Å². The predicted octanol–water partition coefficient (Wildman–Crippen LogP) is 12.3. The molecule has 2 atom stereocenters. The van der Waals surface area contributed by atoms with Gasteiger partial charge in [0.25, 0.3) is 0 Å². The summed E-state index contributed by atoms with van der Waals surface area (Å²) in [5, 5.41) is 0. The summed E-state index contributed by atoms with van der Waals surface area (Å²) in [4.78, 5) is 0. The van der Waals surface area contributed by atoms with Crippen LogP contribution in [0, 0.1) is 60.0 Å². The minimum atomic E-state index is 0. The normalized spacial score (nSPS) is 24.3. The van der Waals surface area contributed by atoms with Gasteiger partial charge in [-0.25, -0.2) is 18.1 Å². The standard InChI is InChI=1S/C29H37.C7H7.C5H5.CH3.CH2.2ClH.Zr/c1-18-25-22-17-19-13-9-10-14-20(19)24(22)21-15-11-12-16-23(21)29(25,8)28(6,7)27(4,5)26(18,2)3;1-7-5-3-2-4-6-7;1-2-4-5-3-1;;;;;/h9-11,13-15,23H,12,16-17H2,1-8H3;3-6H,1H3;1-3H,4H2;1H3;1H2;2*1H;/q4*-1;;;;. The minimum absolute atomic E-state index is 0. The maximum Gasteiger partial charge on any atom is -0.358 e. The summed E-state index contributed by atoms with van der Waals surface area (Å²) < 4.78 is 3.34. The number of hydrogen-bond acceptors (Lipinski definition) is 0. The monoisotopic (exact) mass is 732 g/mol. The first-order chi connectivity index (χ1) is 20.4. The summed E-state index contributed by atoms with van der Waals surface area (Å²) in [6.07, 6.45) is 18.5. The molecule has 0 bridgehead atoms. The van der Waals surface area contributed by atoms with Gasteiger partial charge in [0.15, 0.2) is 0 Å². The van der Waals surface area contributed by atoms with Gasteiger partial charge in [-0.1, -0.05) is 120 Å². The Morgan fingerprint density at radius 3 is 2.04 bits per heavy atom. The molecular formula is C43H56Cl2Zr-4. The van der Waals surface area contributed by atoms with Crippen molar-refractivity contribution in [2.24, 2.45) is 27.6 Å². The fourth-order valence-corrected chi connectivity index (χ4v) is 8.38. The minimum Gasteiger partial charge on any atom is -0.358 e.